The van der Waals surface area contributed by atoms with Crippen LogP contribution in [-0.2, 0) is 0 Å². The van der Waals surface area contributed by atoms with Gasteiger partial charge in [0.2, 0.25) is 0 Å². The zero-order valence-electron chi connectivity index (χ0n) is 8.12. The van der Waals surface area contributed by atoms with Crippen LogP contribution in [0.3, 0.4) is 0 Å². The molecule has 0 spiro atoms. The van der Waals surface area contributed by atoms with Crippen molar-refractivity contribution < 1.29 is 9.13 Å². The summed E-state index contributed by atoms with van der Waals surface area (Å²) in [6, 6.07) is 4.32. The summed E-state index contributed by atoms with van der Waals surface area (Å²) in [6.45, 7) is 0. The molecule has 0 amide bonds. The number of rotatable bonds is 2. The largest absolute Gasteiger partial charge is 0.494 e. The first-order valence-electron chi connectivity index (χ1n) is 4.35. The van der Waals surface area contributed by atoms with Crippen LogP contribution in [0.25, 0.3) is 10.9 Å². The Morgan fingerprint density at radius 2 is 2.27 bits per heavy atom. The Balaban J connectivity index is 2.82. The number of methoxy groups -OCH3 is 1. The minimum atomic E-state index is -0.385. The van der Waals surface area contributed by atoms with E-state index in [0.29, 0.717) is 22.3 Å². The minimum absolute atomic E-state index is 0.385. The average molecular weight is 207 g/mol. The van der Waals surface area contributed by atoms with E-state index in [4.69, 9.17) is 10.6 Å². The van der Waals surface area contributed by atoms with Gasteiger partial charge < -0.3 is 10.2 Å². The number of benzene rings is 1. The third-order valence-corrected chi connectivity index (χ3v) is 2.15. The number of anilines is 1. The molecule has 0 saturated carbocycles. The predicted molar refractivity (Wildman–Crippen MR) is 56.1 cm³/mol. The Hall–Kier alpha value is -1.88. The molecule has 15 heavy (non-hydrogen) atoms. The van der Waals surface area contributed by atoms with Crippen molar-refractivity contribution in [3.8, 4) is 5.75 Å². The molecular weight excluding hydrogens is 197 g/mol. The van der Waals surface area contributed by atoms with E-state index in [1.165, 1.54) is 19.2 Å². The van der Waals surface area contributed by atoms with Crippen molar-refractivity contribution in [3.63, 3.8) is 0 Å². The second-order valence-corrected chi connectivity index (χ2v) is 3.01. The van der Waals surface area contributed by atoms with E-state index < -0.39 is 0 Å². The van der Waals surface area contributed by atoms with E-state index in [1.54, 1.807) is 12.3 Å². The number of nitrogens with zero attached hydrogens (tertiary/aromatic N) is 1. The average Bonchev–Trinajstić information content (AvgIpc) is 2.27. The van der Waals surface area contributed by atoms with Gasteiger partial charge in [-0.25, -0.2) is 4.39 Å². The van der Waals surface area contributed by atoms with Gasteiger partial charge in [0.1, 0.15) is 17.1 Å². The molecule has 0 atom stereocenters. The van der Waals surface area contributed by atoms with E-state index >= 15 is 0 Å². The molecule has 1 heterocycles. The van der Waals surface area contributed by atoms with E-state index in [9.17, 15) is 4.39 Å². The number of hydrogen-bond acceptors (Lipinski definition) is 4. The van der Waals surface area contributed by atoms with Crippen molar-refractivity contribution in [2.45, 2.75) is 0 Å². The quantitative estimate of drug-likeness (QED) is 0.581. The summed E-state index contributed by atoms with van der Waals surface area (Å²) in [4.78, 5) is 4.11. The monoisotopic (exact) mass is 207 g/mol. The number of fused-ring (bicyclic) bond motifs is 1. The molecule has 3 N–H and O–H groups in total. The molecule has 0 radical (unpaired) electrons. The highest BCUT2D eigenvalue weighted by molar-refractivity contribution is 5.94. The number of nitrogen functional groups attached to an aromatic ring is 1. The third kappa shape index (κ3) is 1.57. The molecule has 0 aliphatic heterocycles. The van der Waals surface area contributed by atoms with Crippen molar-refractivity contribution in [2.75, 3.05) is 12.5 Å². The predicted octanol–water partition coefficient (Wildman–Crippen LogP) is 1.67. The molecule has 78 valence electrons. The summed E-state index contributed by atoms with van der Waals surface area (Å²) in [5.41, 5.74) is 3.67. The Morgan fingerprint density at radius 1 is 1.47 bits per heavy atom. The number of hydrogen-bond donors (Lipinski definition) is 2. The zero-order chi connectivity index (χ0) is 10.8. The van der Waals surface area contributed by atoms with E-state index in [2.05, 4.69) is 10.4 Å². The molecule has 5 heteroatoms. The van der Waals surface area contributed by atoms with Gasteiger partial charge in [0.15, 0.2) is 0 Å². The lowest BCUT2D eigenvalue weighted by atomic mass is 10.1. The summed E-state index contributed by atoms with van der Waals surface area (Å²) < 4.78 is 18.3. The van der Waals surface area contributed by atoms with Crippen LogP contribution in [0, 0.1) is 5.82 Å². The molecule has 1 aromatic heterocycles. The fourth-order valence-electron chi connectivity index (χ4n) is 1.47. The van der Waals surface area contributed by atoms with E-state index in [1.807, 2.05) is 0 Å². The molecular formula is C10H10FN3O. The lowest BCUT2D eigenvalue weighted by Gasteiger charge is -2.08. The van der Waals surface area contributed by atoms with Crippen LogP contribution in [0.2, 0.25) is 0 Å². The van der Waals surface area contributed by atoms with E-state index in [-0.39, 0.29) is 5.82 Å². The van der Waals surface area contributed by atoms with Crippen molar-refractivity contribution in [2.24, 2.45) is 5.84 Å². The molecule has 0 fully saturated rings. The lowest BCUT2D eigenvalue weighted by molar-refractivity contribution is 0.415. The second kappa shape index (κ2) is 3.70. The highest BCUT2D eigenvalue weighted by Gasteiger charge is 2.08. The Labute approximate surface area is 85.8 Å². The van der Waals surface area contributed by atoms with Gasteiger partial charge in [-0.05, 0) is 12.1 Å². The van der Waals surface area contributed by atoms with Gasteiger partial charge in [0.25, 0.3) is 0 Å². The number of hydrazine groups is 1. The standard InChI is InChI=1S/C10H10FN3O/c1-15-9-5-6(11)4-7-8(14-12)2-3-13-10(7)9/h2-5H,12H2,1H3,(H,13,14). The van der Waals surface area contributed by atoms with Crippen molar-refractivity contribution in [3.05, 3.63) is 30.2 Å². The fraction of sp³-hybridized carbons (Fsp3) is 0.100. The molecule has 0 saturated heterocycles. The van der Waals surface area contributed by atoms with Gasteiger partial charge in [-0.1, -0.05) is 0 Å². The van der Waals surface area contributed by atoms with Crippen LogP contribution in [0.15, 0.2) is 24.4 Å². The number of nitrogens with one attached hydrogen (secondary N) is 1. The highest BCUT2D eigenvalue weighted by atomic mass is 19.1. The summed E-state index contributed by atoms with van der Waals surface area (Å²) in [6.07, 6.45) is 1.58. The molecule has 2 aromatic rings. The van der Waals surface area contributed by atoms with Crippen LogP contribution in [0.4, 0.5) is 10.1 Å². The lowest BCUT2D eigenvalue weighted by Crippen LogP contribution is -2.07. The van der Waals surface area contributed by atoms with Gasteiger partial charge in [-0.2, -0.15) is 0 Å². The third-order valence-electron chi connectivity index (χ3n) is 2.15. The first kappa shape index (κ1) is 9.67. The molecule has 4 nitrogen and oxygen atoms in total. The Kier molecular flexibility index (Phi) is 2.39. The summed E-state index contributed by atoms with van der Waals surface area (Å²) in [7, 11) is 1.47. The highest BCUT2D eigenvalue weighted by Crippen LogP contribution is 2.29. The van der Waals surface area contributed by atoms with Crippen LogP contribution in [0.5, 0.6) is 5.75 Å². The van der Waals surface area contributed by atoms with Gasteiger partial charge in [0, 0.05) is 17.6 Å². The van der Waals surface area contributed by atoms with Crippen molar-refractivity contribution in [1.82, 2.24) is 4.98 Å². The first-order chi connectivity index (χ1) is 7.26. The minimum Gasteiger partial charge on any atom is -0.494 e. The topological polar surface area (TPSA) is 60.2 Å². The van der Waals surface area contributed by atoms with Crippen molar-refractivity contribution in [1.29, 1.82) is 0 Å². The van der Waals surface area contributed by atoms with Gasteiger partial charge in [-0.15, -0.1) is 0 Å². The smallest absolute Gasteiger partial charge is 0.148 e. The molecule has 0 aliphatic carbocycles. The molecule has 1 aromatic carbocycles. The summed E-state index contributed by atoms with van der Waals surface area (Å²) in [5.74, 6) is 5.32. The number of halogens is 1. The second-order valence-electron chi connectivity index (χ2n) is 3.01. The van der Waals surface area contributed by atoms with Gasteiger partial charge in [0.05, 0.1) is 12.8 Å². The van der Waals surface area contributed by atoms with Crippen LogP contribution in [0.1, 0.15) is 0 Å². The summed E-state index contributed by atoms with van der Waals surface area (Å²) >= 11 is 0. The molecule has 2 rings (SSSR count). The Bertz CT molecular complexity index is 501. The summed E-state index contributed by atoms with van der Waals surface area (Å²) in [5, 5.41) is 0.594. The van der Waals surface area contributed by atoms with Gasteiger partial charge >= 0.3 is 0 Å². The van der Waals surface area contributed by atoms with Gasteiger partial charge in [-0.3, -0.25) is 10.8 Å². The Morgan fingerprint density at radius 3 is 2.93 bits per heavy atom. The normalized spacial score (nSPS) is 10.3. The molecule has 0 aliphatic rings. The number of ether oxygens (including phenoxy) is 1. The van der Waals surface area contributed by atoms with Crippen LogP contribution >= 0.6 is 0 Å². The van der Waals surface area contributed by atoms with E-state index in [0.717, 1.165) is 0 Å². The zero-order valence-corrected chi connectivity index (χ0v) is 8.12. The number of nitrogens with two attached hydrogens (primary N) is 1. The SMILES string of the molecule is COc1cc(F)cc2c(NN)ccnc12. The maximum absolute atomic E-state index is 13.2. The first-order valence-corrected chi connectivity index (χ1v) is 4.35. The fourth-order valence-corrected chi connectivity index (χ4v) is 1.47. The number of pyridine rings is 1. The maximum Gasteiger partial charge on any atom is 0.148 e. The molecule has 0 bridgehead atoms. The van der Waals surface area contributed by atoms with Crippen LogP contribution < -0.4 is 16.0 Å². The van der Waals surface area contributed by atoms with Crippen molar-refractivity contribution >= 4 is 16.6 Å². The number of aromatic nitrogens is 1. The van der Waals surface area contributed by atoms with Crippen LogP contribution in [-0.4, -0.2) is 12.1 Å². The molecule has 0 unspecified atom stereocenters. The maximum atomic E-state index is 13.2.